The topological polar surface area (TPSA) is 80.0 Å². The molecule has 6 nitrogen and oxygen atoms in total. The quantitative estimate of drug-likeness (QED) is 0.827. The lowest BCUT2D eigenvalue weighted by molar-refractivity contribution is -0.122. The van der Waals surface area contributed by atoms with Gasteiger partial charge >= 0.3 is 0 Å². The van der Waals surface area contributed by atoms with Gasteiger partial charge in [-0.3, -0.25) is 4.79 Å². The Morgan fingerprint density at radius 3 is 2.79 bits per heavy atom. The normalized spacial score (nSPS) is 12.1. The van der Waals surface area contributed by atoms with E-state index in [9.17, 15) is 4.79 Å². The van der Waals surface area contributed by atoms with Crippen LogP contribution in [0.1, 0.15) is 24.2 Å². The van der Waals surface area contributed by atoms with Crippen molar-refractivity contribution in [2.75, 3.05) is 0 Å². The number of amides is 1. The Balaban J connectivity index is 1.91. The molecule has 6 heteroatoms. The van der Waals surface area contributed by atoms with E-state index >= 15 is 0 Å². The van der Waals surface area contributed by atoms with Gasteiger partial charge in [-0.2, -0.15) is 0 Å². The molecular weight excluding hydrogens is 244 g/mol. The zero-order chi connectivity index (χ0) is 13.7. The van der Waals surface area contributed by atoms with Crippen molar-refractivity contribution in [1.29, 1.82) is 0 Å². The van der Waals surface area contributed by atoms with Crippen LogP contribution in [0.2, 0.25) is 0 Å². The molecule has 0 aliphatic heterocycles. The molecule has 19 heavy (non-hydrogen) atoms. The summed E-state index contributed by atoms with van der Waals surface area (Å²) in [5.41, 5.74) is 1.49. The third-order valence-electron chi connectivity index (χ3n) is 2.73. The van der Waals surface area contributed by atoms with E-state index in [1.807, 2.05) is 37.3 Å². The summed E-state index contributed by atoms with van der Waals surface area (Å²) in [6.07, 6.45) is 1.55. The standard InChI is InChI=1S/C13H16N4O2/c1-10(11-5-3-2-4-6-11)14-13(19)8-17-7-12(9-18)15-16-17/h2-7,10,18H,8-9H2,1H3,(H,14,19). The summed E-state index contributed by atoms with van der Waals surface area (Å²) in [7, 11) is 0. The Kier molecular flexibility index (Phi) is 4.25. The smallest absolute Gasteiger partial charge is 0.242 e. The lowest BCUT2D eigenvalue weighted by Crippen LogP contribution is -2.30. The molecular formula is C13H16N4O2. The average Bonchev–Trinajstić information content (AvgIpc) is 2.87. The van der Waals surface area contributed by atoms with Crippen LogP contribution in [0.4, 0.5) is 0 Å². The van der Waals surface area contributed by atoms with Crippen LogP contribution in [0.25, 0.3) is 0 Å². The summed E-state index contributed by atoms with van der Waals surface area (Å²) in [5, 5.41) is 19.2. The lowest BCUT2D eigenvalue weighted by Gasteiger charge is -2.13. The van der Waals surface area contributed by atoms with Crippen molar-refractivity contribution >= 4 is 5.91 Å². The molecule has 2 rings (SSSR count). The third-order valence-corrected chi connectivity index (χ3v) is 2.73. The number of aromatic nitrogens is 3. The number of rotatable bonds is 5. The zero-order valence-electron chi connectivity index (χ0n) is 10.7. The monoisotopic (exact) mass is 260 g/mol. The van der Waals surface area contributed by atoms with Gasteiger partial charge in [-0.05, 0) is 12.5 Å². The molecule has 1 aromatic carbocycles. The van der Waals surface area contributed by atoms with Gasteiger partial charge in [0.15, 0.2) is 0 Å². The number of benzene rings is 1. The number of carbonyl (C=O) groups excluding carboxylic acids is 1. The molecule has 0 radical (unpaired) electrons. The zero-order valence-corrected chi connectivity index (χ0v) is 10.7. The molecule has 0 aliphatic rings. The number of hydrogen-bond acceptors (Lipinski definition) is 4. The average molecular weight is 260 g/mol. The second kappa shape index (κ2) is 6.10. The number of carbonyl (C=O) groups is 1. The van der Waals surface area contributed by atoms with Gasteiger partial charge in [0.2, 0.25) is 5.91 Å². The highest BCUT2D eigenvalue weighted by atomic mass is 16.3. The van der Waals surface area contributed by atoms with Crippen LogP contribution in [0.15, 0.2) is 36.5 Å². The van der Waals surface area contributed by atoms with E-state index < -0.39 is 0 Å². The molecule has 1 aromatic heterocycles. The van der Waals surface area contributed by atoms with Crippen LogP contribution in [0, 0.1) is 0 Å². The molecule has 0 spiro atoms. The predicted molar refractivity (Wildman–Crippen MR) is 68.9 cm³/mol. The van der Waals surface area contributed by atoms with Gasteiger partial charge in [0, 0.05) is 0 Å². The Morgan fingerprint density at radius 1 is 1.42 bits per heavy atom. The fourth-order valence-electron chi connectivity index (χ4n) is 1.75. The van der Waals surface area contributed by atoms with Crippen molar-refractivity contribution in [3.05, 3.63) is 47.8 Å². The van der Waals surface area contributed by atoms with E-state index in [1.54, 1.807) is 6.20 Å². The first-order chi connectivity index (χ1) is 9.19. The SMILES string of the molecule is CC(NC(=O)Cn1cc(CO)nn1)c1ccccc1. The summed E-state index contributed by atoms with van der Waals surface area (Å²) < 4.78 is 1.40. The van der Waals surface area contributed by atoms with Crippen molar-refractivity contribution in [2.24, 2.45) is 0 Å². The molecule has 0 aliphatic carbocycles. The van der Waals surface area contributed by atoms with E-state index in [0.717, 1.165) is 5.56 Å². The highest BCUT2D eigenvalue weighted by Crippen LogP contribution is 2.10. The van der Waals surface area contributed by atoms with Crippen LogP contribution in [-0.2, 0) is 17.9 Å². The maximum Gasteiger partial charge on any atom is 0.242 e. The Labute approximate surface area is 111 Å². The summed E-state index contributed by atoms with van der Waals surface area (Å²) in [4.78, 5) is 11.8. The van der Waals surface area contributed by atoms with Gasteiger partial charge in [-0.1, -0.05) is 35.5 Å². The van der Waals surface area contributed by atoms with Gasteiger partial charge in [-0.25, -0.2) is 4.68 Å². The molecule has 0 fully saturated rings. The molecule has 0 bridgehead atoms. The minimum atomic E-state index is -0.179. The second-order valence-corrected chi connectivity index (χ2v) is 4.27. The van der Waals surface area contributed by atoms with E-state index in [1.165, 1.54) is 4.68 Å². The number of aliphatic hydroxyl groups is 1. The van der Waals surface area contributed by atoms with Crippen LogP contribution >= 0.6 is 0 Å². The van der Waals surface area contributed by atoms with Gasteiger partial charge in [0.05, 0.1) is 18.8 Å². The Bertz CT molecular complexity index is 539. The molecule has 1 atom stereocenters. The molecule has 1 amide bonds. The summed E-state index contributed by atoms with van der Waals surface area (Å²) in [6.45, 7) is 1.83. The number of aliphatic hydroxyl groups excluding tert-OH is 1. The molecule has 1 heterocycles. The fourth-order valence-corrected chi connectivity index (χ4v) is 1.75. The molecule has 0 saturated heterocycles. The van der Waals surface area contributed by atoms with Crippen molar-refractivity contribution in [3.63, 3.8) is 0 Å². The maximum atomic E-state index is 11.8. The minimum absolute atomic E-state index is 0.0606. The third kappa shape index (κ3) is 3.62. The highest BCUT2D eigenvalue weighted by Gasteiger charge is 2.10. The van der Waals surface area contributed by atoms with E-state index in [4.69, 9.17) is 5.11 Å². The number of nitrogens with one attached hydrogen (secondary N) is 1. The fraction of sp³-hybridized carbons (Fsp3) is 0.308. The van der Waals surface area contributed by atoms with Gasteiger partial charge < -0.3 is 10.4 Å². The first-order valence-corrected chi connectivity index (χ1v) is 6.03. The maximum absolute atomic E-state index is 11.8. The van der Waals surface area contributed by atoms with Crippen LogP contribution in [0.3, 0.4) is 0 Å². The van der Waals surface area contributed by atoms with E-state index in [2.05, 4.69) is 15.6 Å². The summed E-state index contributed by atoms with van der Waals surface area (Å²) in [5.74, 6) is -0.147. The lowest BCUT2D eigenvalue weighted by atomic mass is 10.1. The molecule has 2 N–H and O–H groups in total. The number of hydrogen-bond donors (Lipinski definition) is 2. The minimum Gasteiger partial charge on any atom is -0.390 e. The largest absolute Gasteiger partial charge is 0.390 e. The van der Waals surface area contributed by atoms with E-state index in [-0.39, 0.29) is 25.1 Å². The number of nitrogens with zero attached hydrogens (tertiary/aromatic N) is 3. The van der Waals surface area contributed by atoms with Gasteiger partial charge in [-0.15, -0.1) is 5.10 Å². The van der Waals surface area contributed by atoms with Crippen LogP contribution in [0.5, 0.6) is 0 Å². The van der Waals surface area contributed by atoms with Crippen LogP contribution in [-0.4, -0.2) is 26.0 Å². The molecule has 0 saturated carbocycles. The van der Waals surface area contributed by atoms with Gasteiger partial charge in [0.1, 0.15) is 12.2 Å². The van der Waals surface area contributed by atoms with Crippen molar-refractivity contribution in [3.8, 4) is 0 Å². The molecule has 100 valence electrons. The van der Waals surface area contributed by atoms with Crippen molar-refractivity contribution < 1.29 is 9.90 Å². The van der Waals surface area contributed by atoms with Crippen LogP contribution < -0.4 is 5.32 Å². The van der Waals surface area contributed by atoms with Crippen molar-refractivity contribution in [1.82, 2.24) is 20.3 Å². The second-order valence-electron chi connectivity index (χ2n) is 4.27. The highest BCUT2D eigenvalue weighted by molar-refractivity contribution is 5.76. The molecule has 1 unspecified atom stereocenters. The summed E-state index contributed by atoms with van der Waals surface area (Å²) in [6, 6.07) is 9.67. The van der Waals surface area contributed by atoms with Crippen molar-refractivity contribution in [2.45, 2.75) is 26.1 Å². The Morgan fingerprint density at radius 2 is 2.16 bits per heavy atom. The first-order valence-electron chi connectivity index (χ1n) is 6.03. The molecule has 2 aromatic rings. The Hall–Kier alpha value is -2.21. The van der Waals surface area contributed by atoms with E-state index in [0.29, 0.717) is 5.69 Å². The van der Waals surface area contributed by atoms with Gasteiger partial charge in [0.25, 0.3) is 0 Å². The summed E-state index contributed by atoms with van der Waals surface area (Å²) >= 11 is 0. The first kappa shape index (κ1) is 13.2. The predicted octanol–water partition coefficient (Wildman–Crippen LogP) is 0.648.